The Hall–Kier alpha value is -2.34. The predicted molar refractivity (Wildman–Crippen MR) is 80.6 cm³/mol. The van der Waals surface area contributed by atoms with Gasteiger partial charge < -0.3 is 16.3 Å². The van der Waals surface area contributed by atoms with Gasteiger partial charge in [-0.1, -0.05) is 18.2 Å². The Kier molecular flexibility index (Phi) is 3.99. The van der Waals surface area contributed by atoms with E-state index in [9.17, 15) is 14.8 Å². The number of hydrogen-bond acceptors (Lipinski definition) is 4. The fraction of sp³-hybridized carbons (Fsp3) is 0.333. The van der Waals surface area contributed by atoms with Crippen LogP contribution in [-0.4, -0.2) is 27.9 Å². The van der Waals surface area contributed by atoms with E-state index in [2.05, 4.69) is 5.32 Å². The summed E-state index contributed by atoms with van der Waals surface area (Å²) < 4.78 is 0.380. The molecule has 112 valence electrons. The molecule has 0 atom stereocenters. The predicted octanol–water partition coefficient (Wildman–Crippen LogP) is 1.10. The van der Waals surface area contributed by atoms with Crippen LogP contribution >= 0.6 is 0 Å². The van der Waals surface area contributed by atoms with Crippen LogP contribution < -0.4 is 16.6 Å². The second kappa shape index (κ2) is 5.57. The van der Waals surface area contributed by atoms with Gasteiger partial charge in [-0.05, 0) is 37.8 Å². The number of nitrogens with two attached hydrogens (primary N) is 1. The number of amides is 1. The van der Waals surface area contributed by atoms with Gasteiger partial charge in [0.25, 0.3) is 11.5 Å². The molecule has 0 fully saturated rings. The van der Waals surface area contributed by atoms with Crippen LogP contribution in [-0.2, 0) is 0 Å². The van der Waals surface area contributed by atoms with E-state index in [4.69, 9.17) is 5.73 Å². The minimum atomic E-state index is -0.614. The van der Waals surface area contributed by atoms with Gasteiger partial charge >= 0.3 is 0 Å². The maximum Gasteiger partial charge on any atom is 0.291 e. The number of carbonyl (C=O) groups is 1. The third-order valence-electron chi connectivity index (χ3n) is 3.19. The summed E-state index contributed by atoms with van der Waals surface area (Å²) >= 11 is 0. The minimum Gasteiger partial charge on any atom is -0.425 e. The van der Waals surface area contributed by atoms with Gasteiger partial charge in [0.1, 0.15) is 5.69 Å². The Morgan fingerprint density at radius 1 is 1.38 bits per heavy atom. The van der Waals surface area contributed by atoms with Crippen molar-refractivity contribution in [1.29, 1.82) is 0 Å². The maximum atomic E-state index is 12.1. The Labute approximate surface area is 122 Å². The van der Waals surface area contributed by atoms with Crippen LogP contribution in [0.5, 0.6) is 0 Å². The second-order valence-corrected chi connectivity index (χ2v) is 5.73. The van der Waals surface area contributed by atoms with E-state index >= 15 is 0 Å². The molecule has 1 amide bonds. The smallest absolute Gasteiger partial charge is 0.291 e. The lowest BCUT2D eigenvalue weighted by atomic mass is 10.0. The lowest BCUT2D eigenvalue weighted by Gasteiger charge is -2.18. The molecule has 0 unspecified atom stereocenters. The molecule has 4 N–H and O–H groups in total. The molecular formula is C15H19N3O3. The molecule has 0 aliphatic rings. The van der Waals surface area contributed by atoms with Gasteiger partial charge in [0.15, 0.2) is 0 Å². The maximum absolute atomic E-state index is 12.1. The summed E-state index contributed by atoms with van der Waals surface area (Å²) in [7, 11) is 0. The molecule has 1 aromatic heterocycles. The van der Waals surface area contributed by atoms with E-state index in [1.54, 1.807) is 24.3 Å². The highest BCUT2D eigenvalue weighted by Crippen LogP contribution is 2.11. The van der Waals surface area contributed by atoms with Crippen molar-refractivity contribution in [2.24, 2.45) is 5.73 Å². The lowest BCUT2D eigenvalue weighted by molar-refractivity contribution is 0.0891. The SMILES string of the molecule is CC(C)(N)CCNC(=O)c1cc2ccccc2c(=O)n1O. The molecule has 0 aliphatic heterocycles. The normalized spacial score (nSPS) is 11.6. The first kappa shape index (κ1) is 15.1. The molecule has 0 aliphatic carbocycles. The highest BCUT2D eigenvalue weighted by atomic mass is 16.5. The molecule has 6 heteroatoms. The fourth-order valence-electron chi connectivity index (χ4n) is 2.00. The minimum absolute atomic E-state index is 0.0893. The van der Waals surface area contributed by atoms with Crippen molar-refractivity contribution < 1.29 is 10.0 Å². The summed E-state index contributed by atoms with van der Waals surface area (Å²) in [6.07, 6.45) is 0.585. The zero-order chi connectivity index (χ0) is 15.6. The zero-order valence-electron chi connectivity index (χ0n) is 12.1. The van der Waals surface area contributed by atoms with Crippen LogP contribution in [0.4, 0.5) is 0 Å². The molecule has 0 saturated carbocycles. The summed E-state index contributed by atoms with van der Waals surface area (Å²) in [6, 6.07) is 8.27. The number of benzene rings is 1. The van der Waals surface area contributed by atoms with E-state index < -0.39 is 17.0 Å². The largest absolute Gasteiger partial charge is 0.425 e. The van der Waals surface area contributed by atoms with Gasteiger partial charge in [0, 0.05) is 12.1 Å². The number of nitrogens with one attached hydrogen (secondary N) is 1. The first-order chi connectivity index (χ1) is 9.79. The average molecular weight is 289 g/mol. The highest BCUT2D eigenvalue weighted by molar-refractivity contribution is 5.96. The molecule has 21 heavy (non-hydrogen) atoms. The third kappa shape index (κ3) is 3.41. The summed E-state index contributed by atoms with van der Waals surface area (Å²) in [6.45, 7) is 4.08. The van der Waals surface area contributed by atoms with E-state index in [1.807, 2.05) is 13.8 Å². The van der Waals surface area contributed by atoms with Crippen molar-refractivity contribution in [2.75, 3.05) is 6.54 Å². The number of nitrogens with zero attached hydrogens (tertiary/aromatic N) is 1. The van der Waals surface area contributed by atoms with Crippen LogP contribution in [0.3, 0.4) is 0 Å². The van der Waals surface area contributed by atoms with Crippen LogP contribution in [0.15, 0.2) is 35.1 Å². The highest BCUT2D eigenvalue weighted by Gasteiger charge is 2.16. The molecule has 0 spiro atoms. The molecular weight excluding hydrogens is 270 g/mol. The van der Waals surface area contributed by atoms with Gasteiger partial charge in [-0.3, -0.25) is 9.59 Å². The van der Waals surface area contributed by atoms with E-state index in [0.717, 1.165) is 0 Å². The second-order valence-electron chi connectivity index (χ2n) is 5.73. The van der Waals surface area contributed by atoms with Gasteiger partial charge in [0.05, 0.1) is 5.39 Å². The van der Waals surface area contributed by atoms with Crippen LogP contribution in [0, 0.1) is 0 Å². The van der Waals surface area contributed by atoms with E-state index in [0.29, 0.717) is 28.5 Å². The van der Waals surface area contributed by atoms with E-state index in [-0.39, 0.29) is 5.69 Å². The molecule has 0 radical (unpaired) electrons. The zero-order valence-corrected chi connectivity index (χ0v) is 12.1. The lowest BCUT2D eigenvalue weighted by Crippen LogP contribution is -2.38. The monoisotopic (exact) mass is 289 g/mol. The Morgan fingerprint density at radius 2 is 2.05 bits per heavy atom. The molecule has 2 aromatic rings. The third-order valence-corrected chi connectivity index (χ3v) is 3.19. The molecule has 6 nitrogen and oxygen atoms in total. The van der Waals surface area contributed by atoms with Crippen molar-refractivity contribution in [2.45, 2.75) is 25.8 Å². The Bertz CT molecular complexity index is 729. The molecule has 2 rings (SSSR count). The van der Waals surface area contributed by atoms with Gasteiger partial charge in [0.2, 0.25) is 0 Å². The summed E-state index contributed by atoms with van der Waals surface area (Å²) in [5.74, 6) is -0.510. The van der Waals surface area contributed by atoms with Gasteiger partial charge in [-0.25, -0.2) is 0 Å². The van der Waals surface area contributed by atoms with Gasteiger partial charge in [-0.2, -0.15) is 0 Å². The van der Waals surface area contributed by atoms with Crippen molar-refractivity contribution >= 4 is 16.7 Å². The molecule has 1 heterocycles. The number of hydrogen-bond donors (Lipinski definition) is 3. The number of rotatable bonds is 4. The quantitative estimate of drug-likeness (QED) is 0.734. The van der Waals surface area contributed by atoms with Crippen molar-refractivity contribution in [3.05, 3.63) is 46.4 Å². The van der Waals surface area contributed by atoms with Crippen LogP contribution in [0.25, 0.3) is 10.8 Å². The van der Waals surface area contributed by atoms with E-state index in [1.165, 1.54) is 6.07 Å². The summed E-state index contributed by atoms with van der Waals surface area (Å²) in [4.78, 5) is 24.1. The number of aromatic nitrogens is 1. The Morgan fingerprint density at radius 3 is 2.71 bits per heavy atom. The van der Waals surface area contributed by atoms with Crippen LogP contribution in [0.1, 0.15) is 30.8 Å². The molecule has 0 saturated heterocycles. The van der Waals surface area contributed by atoms with Crippen molar-refractivity contribution in [3.8, 4) is 0 Å². The van der Waals surface area contributed by atoms with Gasteiger partial charge in [-0.15, -0.1) is 4.73 Å². The fourth-order valence-corrected chi connectivity index (χ4v) is 2.00. The van der Waals surface area contributed by atoms with Crippen LogP contribution in [0.2, 0.25) is 0 Å². The summed E-state index contributed by atoms with van der Waals surface area (Å²) in [5, 5.41) is 13.5. The number of fused-ring (bicyclic) bond motifs is 1. The first-order valence-corrected chi connectivity index (χ1v) is 6.71. The standard InChI is InChI=1S/C15H19N3O3/c1-15(2,16)7-8-17-13(19)12-9-10-5-3-4-6-11(10)14(20)18(12)21/h3-6,9,21H,7-8,16H2,1-2H3,(H,17,19). The number of carbonyl (C=O) groups excluding carboxylic acids is 1. The number of pyridine rings is 1. The first-order valence-electron chi connectivity index (χ1n) is 6.71. The summed E-state index contributed by atoms with van der Waals surface area (Å²) in [5.41, 5.74) is 4.74. The van der Waals surface area contributed by atoms with Crippen molar-refractivity contribution in [1.82, 2.24) is 10.0 Å². The van der Waals surface area contributed by atoms with Crippen molar-refractivity contribution in [3.63, 3.8) is 0 Å². The average Bonchev–Trinajstić information content (AvgIpc) is 2.41. The molecule has 0 bridgehead atoms. The topological polar surface area (TPSA) is 97.4 Å². The Balaban J connectivity index is 2.28. The molecule has 1 aromatic carbocycles.